The number of nitrogens with one attached hydrogen (secondary N) is 1. The van der Waals surface area contributed by atoms with Gasteiger partial charge in [0, 0.05) is 33.5 Å². The molecule has 132 valence electrons. The molecule has 2 aliphatic rings. The van der Waals surface area contributed by atoms with Gasteiger partial charge < -0.3 is 24.3 Å². The number of ether oxygens (including phenoxy) is 2. The van der Waals surface area contributed by atoms with Crippen molar-refractivity contribution in [3.63, 3.8) is 0 Å². The van der Waals surface area contributed by atoms with E-state index in [1.807, 2.05) is 19.3 Å². The molecule has 2 aliphatic heterocycles. The molecule has 24 heavy (non-hydrogen) atoms. The summed E-state index contributed by atoms with van der Waals surface area (Å²) in [5.74, 6) is 0.327. The molecule has 0 aliphatic carbocycles. The quantitative estimate of drug-likeness (QED) is 0.817. The smallest absolute Gasteiger partial charge is 0.267 e. The first-order valence-corrected chi connectivity index (χ1v) is 8.36. The van der Waals surface area contributed by atoms with Gasteiger partial charge in [-0.2, -0.15) is 0 Å². The first kappa shape index (κ1) is 17.0. The Bertz CT molecular complexity index is 607. The molecule has 0 aromatic carbocycles. The maximum absolute atomic E-state index is 12.1. The van der Waals surface area contributed by atoms with Gasteiger partial charge in [0.05, 0.1) is 13.1 Å². The van der Waals surface area contributed by atoms with Gasteiger partial charge in [0.2, 0.25) is 5.91 Å². The van der Waals surface area contributed by atoms with E-state index in [-0.39, 0.29) is 24.0 Å². The SMILES string of the molecule is COCC(=O)N1CC2(C1)OCC[C@@H]2CCNC(=O)c1cccn1C. The Morgan fingerprint density at radius 2 is 2.25 bits per heavy atom. The number of methoxy groups -OCH3 is 1. The molecule has 1 N–H and O–H groups in total. The lowest BCUT2D eigenvalue weighted by Gasteiger charge is -2.50. The first-order chi connectivity index (χ1) is 11.6. The van der Waals surface area contributed by atoms with E-state index in [0.717, 1.165) is 19.4 Å². The minimum Gasteiger partial charge on any atom is -0.375 e. The second-order valence-corrected chi connectivity index (χ2v) is 6.63. The summed E-state index contributed by atoms with van der Waals surface area (Å²) in [6.45, 7) is 2.72. The molecular weight excluding hydrogens is 310 g/mol. The van der Waals surface area contributed by atoms with Crippen molar-refractivity contribution in [1.82, 2.24) is 14.8 Å². The van der Waals surface area contributed by atoms with Gasteiger partial charge in [0.1, 0.15) is 17.9 Å². The van der Waals surface area contributed by atoms with Crippen molar-refractivity contribution in [3.05, 3.63) is 24.0 Å². The van der Waals surface area contributed by atoms with Crippen LogP contribution in [0.1, 0.15) is 23.3 Å². The zero-order chi connectivity index (χ0) is 17.2. The molecule has 7 heteroatoms. The molecule has 1 aromatic rings. The second kappa shape index (κ2) is 6.94. The van der Waals surface area contributed by atoms with Crippen LogP contribution in [0.2, 0.25) is 0 Å². The fraction of sp³-hybridized carbons (Fsp3) is 0.647. The molecule has 2 fully saturated rings. The maximum atomic E-state index is 12.1. The Kier molecular flexibility index (Phi) is 4.91. The number of likely N-dealkylation sites (tertiary alicyclic amines) is 1. The summed E-state index contributed by atoms with van der Waals surface area (Å²) < 4.78 is 12.6. The van der Waals surface area contributed by atoms with Crippen molar-refractivity contribution in [1.29, 1.82) is 0 Å². The van der Waals surface area contributed by atoms with E-state index in [4.69, 9.17) is 9.47 Å². The summed E-state index contributed by atoms with van der Waals surface area (Å²) in [6.07, 6.45) is 3.70. The highest BCUT2D eigenvalue weighted by atomic mass is 16.5. The summed E-state index contributed by atoms with van der Waals surface area (Å²) in [5, 5.41) is 2.98. The molecule has 2 amide bonds. The molecule has 1 aromatic heterocycles. The minimum atomic E-state index is -0.223. The fourth-order valence-electron chi connectivity index (χ4n) is 3.68. The van der Waals surface area contributed by atoms with Crippen LogP contribution in [-0.4, -0.2) is 66.8 Å². The zero-order valence-corrected chi connectivity index (χ0v) is 14.3. The van der Waals surface area contributed by atoms with Crippen LogP contribution in [0.3, 0.4) is 0 Å². The molecule has 2 saturated heterocycles. The van der Waals surface area contributed by atoms with Crippen LogP contribution in [0.15, 0.2) is 18.3 Å². The Morgan fingerprint density at radius 1 is 1.46 bits per heavy atom. The summed E-state index contributed by atoms with van der Waals surface area (Å²) in [4.78, 5) is 25.7. The van der Waals surface area contributed by atoms with Gasteiger partial charge in [0.15, 0.2) is 0 Å². The Hall–Kier alpha value is -1.86. The molecule has 0 radical (unpaired) electrons. The monoisotopic (exact) mass is 335 g/mol. The van der Waals surface area contributed by atoms with E-state index in [1.165, 1.54) is 7.11 Å². The van der Waals surface area contributed by atoms with E-state index in [1.54, 1.807) is 15.5 Å². The van der Waals surface area contributed by atoms with Gasteiger partial charge in [-0.05, 0) is 30.9 Å². The lowest BCUT2D eigenvalue weighted by atomic mass is 9.79. The fourth-order valence-corrected chi connectivity index (χ4v) is 3.68. The zero-order valence-electron chi connectivity index (χ0n) is 14.3. The number of amides is 2. The summed E-state index contributed by atoms with van der Waals surface area (Å²) in [5.41, 5.74) is 0.436. The number of nitrogens with zero attached hydrogens (tertiary/aromatic N) is 2. The van der Waals surface area contributed by atoms with Gasteiger partial charge in [-0.3, -0.25) is 9.59 Å². The van der Waals surface area contributed by atoms with Crippen molar-refractivity contribution in [3.8, 4) is 0 Å². The number of rotatable bonds is 6. The van der Waals surface area contributed by atoms with E-state index < -0.39 is 0 Å². The third-order valence-electron chi connectivity index (χ3n) is 5.09. The molecule has 3 rings (SSSR count). The van der Waals surface area contributed by atoms with E-state index in [9.17, 15) is 9.59 Å². The number of carbonyl (C=O) groups excluding carboxylic acids is 2. The largest absolute Gasteiger partial charge is 0.375 e. The van der Waals surface area contributed by atoms with E-state index >= 15 is 0 Å². The third kappa shape index (κ3) is 3.18. The molecule has 0 unspecified atom stereocenters. The predicted octanol–water partition coefficient (Wildman–Crippen LogP) is 0.409. The van der Waals surface area contributed by atoms with Crippen molar-refractivity contribution >= 4 is 11.8 Å². The molecule has 3 heterocycles. The summed E-state index contributed by atoms with van der Waals surface area (Å²) in [6, 6.07) is 3.66. The number of aryl methyl sites for hydroxylation is 1. The Morgan fingerprint density at radius 3 is 2.92 bits per heavy atom. The van der Waals surface area contributed by atoms with Crippen LogP contribution in [0.4, 0.5) is 0 Å². The average Bonchev–Trinajstić information content (AvgIpc) is 3.12. The molecule has 7 nitrogen and oxygen atoms in total. The number of aromatic nitrogens is 1. The van der Waals surface area contributed by atoms with Crippen molar-refractivity contribution in [2.45, 2.75) is 18.4 Å². The highest BCUT2D eigenvalue weighted by Crippen LogP contribution is 2.41. The lowest BCUT2D eigenvalue weighted by Crippen LogP contribution is -2.66. The number of hydrogen-bond acceptors (Lipinski definition) is 4. The Labute approximate surface area is 141 Å². The van der Waals surface area contributed by atoms with Gasteiger partial charge in [-0.15, -0.1) is 0 Å². The van der Waals surface area contributed by atoms with Gasteiger partial charge in [0.25, 0.3) is 5.91 Å². The van der Waals surface area contributed by atoms with Gasteiger partial charge in [-0.25, -0.2) is 0 Å². The predicted molar refractivity (Wildman–Crippen MR) is 87.6 cm³/mol. The highest BCUT2D eigenvalue weighted by Gasteiger charge is 2.53. The van der Waals surface area contributed by atoms with Gasteiger partial charge >= 0.3 is 0 Å². The highest BCUT2D eigenvalue weighted by molar-refractivity contribution is 5.92. The van der Waals surface area contributed by atoms with Crippen molar-refractivity contribution in [2.75, 3.05) is 40.0 Å². The standard InChI is InChI=1S/C17H25N3O4/c1-19-8-3-4-14(19)16(22)18-7-5-13-6-9-24-17(13)11-20(12-17)15(21)10-23-2/h3-4,8,13H,5-7,9-12H2,1-2H3,(H,18,22)/t13-/m0/s1. The Balaban J connectivity index is 1.47. The maximum Gasteiger partial charge on any atom is 0.267 e. The first-order valence-electron chi connectivity index (χ1n) is 8.36. The van der Waals surface area contributed by atoms with E-state index in [2.05, 4.69) is 5.32 Å². The number of carbonyl (C=O) groups is 2. The van der Waals surface area contributed by atoms with E-state index in [0.29, 0.717) is 31.2 Å². The number of hydrogen-bond donors (Lipinski definition) is 1. The normalized spacial score (nSPS) is 21.8. The second-order valence-electron chi connectivity index (χ2n) is 6.63. The summed E-state index contributed by atoms with van der Waals surface area (Å²) >= 11 is 0. The van der Waals surface area contributed by atoms with Crippen molar-refractivity contribution < 1.29 is 19.1 Å². The van der Waals surface area contributed by atoms with Crippen LogP contribution in [0.25, 0.3) is 0 Å². The molecule has 1 spiro atoms. The molecule has 0 saturated carbocycles. The lowest BCUT2D eigenvalue weighted by molar-refractivity contribution is -0.168. The topological polar surface area (TPSA) is 72.8 Å². The van der Waals surface area contributed by atoms with Crippen LogP contribution < -0.4 is 5.32 Å². The van der Waals surface area contributed by atoms with Crippen molar-refractivity contribution in [2.24, 2.45) is 13.0 Å². The van der Waals surface area contributed by atoms with Gasteiger partial charge in [-0.1, -0.05) is 0 Å². The average molecular weight is 335 g/mol. The third-order valence-corrected chi connectivity index (χ3v) is 5.09. The minimum absolute atomic E-state index is 0.00869. The van der Waals surface area contributed by atoms with Crippen LogP contribution >= 0.6 is 0 Å². The summed E-state index contributed by atoms with van der Waals surface area (Å²) in [7, 11) is 3.38. The molecular formula is C17H25N3O4. The van der Waals surface area contributed by atoms with Crippen LogP contribution in [0, 0.1) is 5.92 Å². The molecule has 1 atom stereocenters. The van der Waals surface area contributed by atoms with Crippen LogP contribution in [-0.2, 0) is 21.3 Å². The molecule has 0 bridgehead atoms. The van der Waals surface area contributed by atoms with Crippen LogP contribution in [0.5, 0.6) is 0 Å².